The fourth-order valence-electron chi connectivity index (χ4n) is 4.28. The molecule has 0 radical (unpaired) electrons. The lowest BCUT2D eigenvalue weighted by atomic mass is 9.85. The maximum Gasteiger partial charge on any atom is 0.304 e. The molecule has 202 valence electrons. The number of rotatable bonds is 10. The molecule has 1 saturated heterocycles. The number of nitrogens with two attached hydrogens (primary N) is 2. The molecule has 3 heterocycles. The van der Waals surface area contributed by atoms with E-state index in [1.807, 2.05) is 38.1 Å². The number of nitrogens with zero attached hydrogens (tertiary/aromatic N) is 5. The number of hydrogen-bond donors (Lipinski definition) is 4. The van der Waals surface area contributed by atoms with Crippen molar-refractivity contribution in [1.29, 1.82) is 5.26 Å². The molecule has 0 spiro atoms. The van der Waals surface area contributed by atoms with Gasteiger partial charge in [-0.25, -0.2) is 15.8 Å². The highest BCUT2D eigenvalue weighted by Gasteiger charge is 2.26. The average Bonchev–Trinajstić information content (AvgIpc) is 3.41. The van der Waals surface area contributed by atoms with E-state index in [1.54, 1.807) is 30.5 Å². The zero-order valence-corrected chi connectivity index (χ0v) is 22.0. The summed E-state index contributed by atoms with van der Waals surface area (Å²) in [4.78, 5) is 25.2. The maximum atomic E-state index is 11.3. The van der Waals surface area contributed by atoms with Crippen molar-refractivity contribution in [3.8, 4) is 17.3 Å². The molecule has 6 N–H and O–H groups in total. The number of ether oxygens (including phenoxy) is 1. The van der Waals surface area contributed by atoms with Gasteiger partial charge in [-0.3, -0.25) is 9.78 Å². The number of nitrogens with one attached hydrogen (secondary N) is 1. The number of carboxylic acid groups (broad SMARTS) is 1. The van der Waals surface area contributed by atoms with Crippen molar-refractivity contribution in [2.75, 3.05) is 18.5 Å². The van der Waals surface area contributed by atoms with Crippen molar-refractivity contribution >= 4 is 17.6 Å². The molecule has 0 saturated carbocycles. The number of carboxylic acids is 1. The summed E-state index contributed by atoms with van der Waals surface area (Å²) in [5.41, 5.74) is 9.79. The Kier molecular flexibility index (Phi) is 8.39. The van der Waals surface area contributed by atoms with Crippen molar-refractivity contribution in [3.63, 3.8) is 0 Å². The lowest BCUT2D eigenvalue weighted by molar-refractivity contribution is -0.138. The van der Waals surface area contributed by atoms with Crippen LogP contribution in [0.2, 0.25) is 0 Å². The third kappa shape index (κ3) is 7.28. The zero-order valence-electron chi connectivity index (χ0n) is 22.0. The molecule has 4 rings (SSSR count). The number of aromatic nitrogens is 3. The molecule has 11 heteroatoms. The third-order valence-corrected chi connectivity index (χ3v) is 6.32. The van der Waals surface area contributed by atoms with E-state index >= 15 is 0 Å². The Morgan fingerprint density at radius 3 is 2.77 bits per heavy atom. The van der Waals surface area contributed by atoms with Crippen molar-refractivity contribution in [1.82, 2.24) is 20.0 Å². The van der Waals surface area contributed by atoms with Crippen LogP contribution in [0.3, 0.4) is 0 Å². The Morgan fingerprint density at radius 2 is 2.05 bits per heavy atom. The number of pyridine rings is 1. The van der Waals surface area contributed by atoms with Crippen LogP contribution in [0.25, 0.3) is 17.0 Å². The van der Waals surface area contributed by atoms with Crippen LogP contribution in [0.1, 0.15) is 49.3 Å². The van der Waals surface area contributed by atoms with E-state index in [-0.39, 0.29) is 19.0 Å². The molecule has 3 aromatic rings. The van der Waals surface area contributed by atoms with E-state index in [2.05, 4.69) is 26.3 Å². The fourth-order valence-corrected chi connectivity index (χ4v) is 4.28. The molecular weight excluding hydrogens is 496 g/mol. The van der Waals surface area contributed by atoms with E-state index < -0.39 is 11.4 Å². The van der Waals surface area contributed by atoms with Gasteiger partial charge in [0.1, 0.15) is 0 Å². The van der Waals surface area contributed by atoms with Crippen LogP contribution in [0.5, 0.6) is 0 Å². The topological polar surface area (TPSA) is 176 Å². The first-order valence-corrected chi connectivity index (χ1v) is 12.5. The second kappa shape index (κ2) is 11.9. The van der Waals surface area contributed by atoms with Gasteiger partial charge in [-0.15, -0.1) is 0 Å². The molecule has 1 aliphatic heterocycles. The summed E-state index contributed by atoms with van der Waals surface area (Å²) in [6.45, 7) is 5.15. The van der Waals surface area contributed by atoms with Crippen LogP contribution in [-0.4, -0.2) is 50.3 Å². The number of hydrogen-bond acceptors (Lipinski definition) is 10. The first kappa shape index (κ1) is 27.5. The lowest BCUT2D eigenvalue weighted by Gasteiger charge is -2.23. The highest BCUT2D eigenvalue weighted by Crippen LogP contribution is 2.26. The highest BCUT2D eigenvalue weighted by atomic mass is 16.5. The Morgan fingerprint density at radius 1 is 1.26 bits per heavy atom. The number of nitriles is 1. The summed E-state index contributed by atoms with van der Waals surface area (Å²) in [5, 5.41) is 23.3. The smallest absolute Gasteiger partial charge is 0.304 e. The normalized spacial score (nSPS) is 15.5. The van der Waals surface area contributed by atoms with Gasteiger partial charge in [0.15, 0.2) is 0 Å². The number of anilines is 1. The molecule has 1 unspecified atom stereocenters. The summed E-state index contributed by atoms with van der Waals surface area (Å²) in [5.74, 6) is 5.78. The minimum atomic E-state index is -0.888. The predicted octanol–water partition coefficient (Wildman–Crippen LogP) is 3.00. The van der Waals surface area contributed by atoms with Crippen molar-refractivity contribution in [2.24, 2.45) is 11.6 Å². The third-order valence-electron chi connectivity index (χ3n) is 6.32. The van der Waals surface area contributed by atoms with Gasteiger partial charge in [0.2, 0.25) is 5.95 Å². The monoisotopic (exact) mass is 528 g/mol. The minimum absolute atomic E-state index is 0.0423. The molecule has 1 aromatic carbocycles. The van der Waals surface area contributed by atoms with Crippen LogP contribution >= 0.6 is 0 Å². The first-order chi connectivity index (χ1) is 18.6. The molecule has 2 aromatic heterocycles. The predicted molar refractivity (Wildman–Crippen MR) is 146 cm³/mol. The van der Waals surface area contributed by atoms with Gasteiger partial charge >= 0.3 is 5.97 Å². The van der Waals surface area contributed by atoms with E-state index in [0.29, 0.717) is 53.2 Å². The number of carbonyl (C=O) groups is 1. The van der Waals surface area contributed by atoms with Gasteiger partial charge in [0, 0.05) is 29.5 Å². The summed E-state index contributed by atoms with van der Waals surface area (Å²) in [6.07, 6.45) is 2.36. The van der Waals surface area contributed by atoms with Crippen LogP contribution in [0.4, 0.5) is 5.95 Å². The Hall–Kier alpha value is -4.53. The van der Waals surface area contributed by atoms with E-state index in [9.17, 15) is 15.2 Å². The number of benzene rings is 1. The SMILES string of the molecule is CC(C)(CC(=O)O)c1cccc(CN(N)/C=C(\N)c2cc(-c3cccc(C#N)c3)nc(NC3CCOC3)n2)n1. The Balaban J connectivity index is 1.60. The maximum absolute atomic E-state index is 11.3. The molecule has 1 aliphatic rings. The standard InChI is InChI=1S/C28H32N8O3/c1-28(2,13-26(37)38)25-8-4-7-20(32-25)15-36(31)16-22(30)24-12-23(19-6-3-5-18(11-19)14-29)34-27(35-24)33-21-9-10-39-17-21/h3-8,11-12,16,21H,9-10,13,15,17,30-31H2,1-2H3,(H,37,38)(H,33,34,35)/b22-16-. The van der Waals surface area contributed by atoms with Crippen molar-refractivity contribution < 1.29 is 14.6 Å². The molecular formula is C28H32N8O3. The first-order valence-electron chi connectivity index (χ1n) is 12.5. The van der Waals surface area contributed by atoms with Gasteiger partial charge in [-0.1, -0.05) is 32.0 Å². The molecule has 0 aliphatic carbocycles. The highest BCUT2D eigenvalue weighted by molar-refractivity contribution is 5.69. The van der Waals surface area contributed by atoms with Crippen LogP contribution < -0.4 is 16.9 Å². The molecule has 39 heavy (non-hydrogen) atoms. The number of hydrazine groups is 1. The Bertz CT molecular complexity index is 1410. The summed E-state index contributed by atoms with van der Waals surface area (Å²) in [7, 11) is 0. The zero-order chi connectivity index (χ0) is 28.0. The summed E-state index contributed by atoms with van der Waals surface area (Å²) in [6, 6.07) is 16.6. The Labute approximate surface area is 227 Å². The molecule has 1 fully saturated rings. The van der Waals surface area contributed by atoms with Crippen LogP contribution in [0, 0.1) is 11.3 Å². The molecule has 0 bridgehead atoms. The lowest BCUT2D eigenvalue weighted by Crippen LogP contribution is -2.28. The van der Waals surface area contributed by atoms with Crippen LogP contribution in [0.15, 0.2) is 54.7 Å². The van der Waals surface area contributed by atoms with E-state index in [4.69, 9.17) is 16.3 Å². The summed E-state index contributed by atoms with van der Waals surface area (Å²) < 4.78 is 5.46. The number of aliphatic carboxylic acids is 1. The average molecular weight is 529 g/mol. The van der Waals surface area contributed by atoms with Gasteiger partial charge < -0.3 is 25.9 Å². The van der Waals surface area contributed by atoms with Crippen LogP contribution in [-0.2, 0) is 21.5 Å². The van der Waals surface area contributed by atoms with Gasteiger partial charge in [-0.2, -0.15) is 5.26 Å². The van der Waals surface area contributed by atoms with Crippen molar-refractivity contribution in [3.05, 3.63) is 77.4 Å². The fraction of sp³-hybridized carbons (Fsp3) is 0.321. The largest absolute Gasteiger partial charge is 0.481 e. The minimum Gasteiger partial charge on any atom is -0.481 e. The van der Waals surface area contributed by atoms with Gasteiger partial charge in [0.25, 0.3) is 0 Å². The molecule has 11 nitrogen and oxygen atoms in total. The second-order valence-electron chi connectivity index (χ2n) is 10.1. The molecule has 1 atom stereocenters. The van der Waals surface area contributed by atoms with E-state index in [0.717, 1.165) is 12.0 Å². The molecule has 0 amide bonds. The van der Waals surface area contributed by atoms with Crippen molar-refractivity contribution in [2.45, 2.75) is 44.7 Å². The quantitative estimate of drug-likeness (QED) is 0.225. The van der Waals surface area contributed by atoms with E-state index in [1.165, 1.54) is 5.01 Å². The van der Waals surface area contributed by atoms with Gasteiger partial charge in [-0.05, 0) is 36.8 Å². The summed E-state index contributed by atoms with van der Waals surface area (Å²) >= 11 is 0. The van der Waals surface area contributed by atoms with Gasteiger partial charge in [0.05, 0.1) is 60.0 Å². The second-order valence-corrected chi connectivity index (χ2v) is 10.1.